The van der Waals surface area contributed by atoms with Gasteiger partial charge in [0.2, 0.25) is 5.91 Å². The van der Waals surface area contributed by atoms with Crippen LogP contribution in [0, 0.1) is 6.92 Å². The van der Waals surface area contributed by atoms with E-state index >= 15 is 0 Å². The van der Waals surface area contributed by atoms with Gasteiger partial charge in [-0.2, -0.15) is 0 Å². The fourth-order valence-electron chi connectivity index (χ4n) is 3.37. The zero-order chi connectivity index (χ0) is 23.4. The van der Waals surface area contributed by atoms with Crippen LogP contribution in [-0.4, -0.2) is 31.7 Å². The number of furan rings is 1. The first-order valence-electron chi connectivity index (χ1n) is 10.5. The number of hydrogen-bond donors (Lipinski definition) is 1. The minimum atomic E-state index is -0.442. The lowest BCUT2D eigenvalue weighted by atomic mass is 10.1. The molecular weight excluding hydrogens is 436 g/mol. The van der Waals surface area contributed by atoms with Crippen molar-refractivity contribution in [2.24, 2.45) is 0 Å². The maximum atomic E-state index is 12.9. The molecule has 0 aliphatic rings. The highest BCUT2D eigenvalue weighted by Crippen LogP contribution is 2.30. The van der Waals surface area contributed by atoms with Crippen LogP contribution in [0.4, 0.5) is 5.69 Å². The lowest BCUT2D eigenvalue weighted by molar-refractivity contribution is -0.115. The van der Waals surface area contributed by atoms with Crippen LogP contribution in [0.25, 0.3) is 11.4 Å². The van der Waals surface area contributed by atoms with Crippen LogP contribution in [0.3, 0.4) is 0 Å². The van der Waals surface area contributed by atoms with Gasteiger partial charge in [0.1, 0.15) is 5.76 Å². The second kappa shape index (κ2) is 9.87. The van der Waals surface area contributed by atoms with E-state index in [-0.39, 0.29) is 11.7 Å². The second-order valence-electron chi connectivity index (χ2n) is 7.65. The van der Waals surface area contributed by atoms with Gasteiger partial charge >= 0.3 is 0 Å². The molecule has 168 valence electrons. The fraction of sp³-hybridized carbons (Fsp3) is 0.200. The number of carbonyl (C=O) groups excluding carboxylic acids is 2. The zero-order valence-electron chi connectivity index (χ0n) is 18.6. The van der Waals surface area contributed by atoms with E-state index in [9.17, 15) is 9.59 Å². The van der Waals surface area contributed by atoms with E-state index in [0.29, 0.717) is 28.8 Å². The van der Waals surface area contributed by atoms with Crippen LogP contribution in [0.5, 0.6) is 0 Å². The number of nitrogens with one attached hydrogen (secondary N) is 1. The highest BCUT2D eigenvalue weighted by atomic mass is 32.2. The van der Waals surface area contributed by atoms with Gasteiger partial charge in [0.05, 0.1) is 23.6 Å². The van der Waals surface area contributed by atoms with E-state index < -0.39 is 5.25 Å². The number of aromatic nitrogens is 3. The van der Waals surface area contributed by atoms with Crippen LogP contribution < -0.4 is 5.32 Å². The normalized spacial score (nSPS) is 11.8. The summed E-state index contributed by atoms with van der Waals surface area (Å²) in [7, 11) is 0. The molecule has 1 unspecified atom stereocenters. The molecule has 0 fully saturated rings. The molecule has 4 aromatic rings. The molecule has 0 bridgehead atoms. The molecule has 4 rings (SSSR count). The van der Waals surface area contributed by atoms with Crippen molar-refractivity contribution in [2.45, 2.75) is 37.7 Å². The fourth-order valence-corrected chi connectivity index (χ4v) is 4.22. The average molecular weight is 461 g/mol. The van der Waals surface area contributed by atoms with Crippen molar-refractivity contribution in [2.75, 3.05) is 5.32 Å². The number of Topliss-reactive ketones (excluding diaryl/α,β-unsaturated/α-hetero) is 1. The molecule has 0 aliphatic carbocycles. The molecule has 0 saturated heterocycles. The monoisotopic (exact) mass is 460 g/mol. The Balaban J connectivity index is 1.57. The molecular formula is C25H24N4O3S. The standard InChI is InChI=1S/C25H24N4O3S/c1-16(30)20-10-7-11-21(14-20)26-24(31)18(3)33-25-28-27-23(22-12-13-32-17(22)2)29(25)15-19-8-5-4-6-9-19/h4-14,18H,15H2,1-3H3,(H,26,31). The molecule has 1 N–H and O–H groups in total. The highest BCUT2D eigenvalue weighted by Gasteiger charge is 2.22. The van der Waals surface area contributed by atoms with Crippen LogP contribution in [0.1, 0.15) is 35.5 Å². The first-order chi connectivity index (χ1) is 15.9. The van der Waals surface area contributed by atoms with Gasteiger partial charge < -0.3 is 9.73 Å². The molecule has 2 aromatic heterocycles. The van der Waals surface area contributed by atoms with Gasteiger partial charge in [0, 0.05) is 11.3 Å². The largest absolute Gasteiger partial charge is 0.469 e. The molecule has 0 radical (unpaired) electrons. The molecule has 2 heterocycles. The number of rotatable bonds is 8. The van der Waals surface area contributed by atoms with E-state index in [4.69, 9.17) is 4.42 Å². The summed E-state index contributed by atoms with van der Waals surface area (Å²) in [6, 6.07) is 18.8. The first-order valence-corrected chi connectivity index (χ1v) is 11.4. The summed E-state index contributed by atoms with van der Waals surface area (Å²) in [6.45, 7) is 5.76. The van der Waals surface area contributed by atoms with Crippen molar-refractivity contribution in [1.29, 1.82) is 0 Å². The predicted octanol–water partition coefficient (Wildman–Crippen LogP) is 5.22. The molecule has 1 atom stereocenters. The SMILES string of the molecule is CC(=O)c1cccc(NC(=O)C(C)Sc2nnc(-c3ccoc3C)n2Cc2ccccc2)c1. The predicted molar refractivity (Wildman–Crippen MR) is 128 cm³/mol. The van der Waals surface area contributed by atoms with Crippen molar-refractivity contribution < 1.29 is 14.0 Å². The Kier molecular flexibility index (Phi) is 6.74. The maximum Gasteiger partial charge on any atom is 0.237 e. The number of nitrogens with zero attached hydrogens (tertiary/aromatic N) is 3. The number of thioether (sulfide) groups is 1. The lowest BCUT2D eigenvalue weighted by Crippen LogP contribution is -2.23. The van der Waals surface area contributed by atoms with E-state index in [1.807, 2.05) is 54.8 Å². The molecule has 7 nitrogen and oxygen atoms in total. The Labute approximate surface area is 196 Å². The highest BCUT2D eigenvalue weighted by molar-refractivity contribution is 8.00. The average Bonchev–Trinajstić information content (AvgIpc) is 3.40. The Morgan fingerprint density at radius 2 is 1.88 bits per heavy atom. The van der Waals surface area contributed by atoms with Crippen molar-refractivity contribution in [3.8, 4) is 11.4 Å². The number of carbonyl (C=O) groups is 2. The molecule has 2 aromatic carbocycles. The first kappa shape index (κ1) is 22.5. The number of aryl methyl sites for hydroxylation is 1. The van der Waals surface area contributed by atoms with Crippen molar-refractivity contribution in [1.82, 2.24) is 14.8 Å². The molecule has 1 amide bonds. The second-order valence-corrected chi connectivity index (χ2v) is 8.96. The van der Waals surface area contributed by atoms with Gasteiger partial charge in [-0.15, -0.1) is 10.2 Å². The molecule has 0 saturated carbocycles. The molecule has 0 aliphatic heterocycles. The van der Waals surface area contributed by atoms with E-state index in [1.165, 1.54) is 18.7 Å². The van der Waals surface area contributed by atoms with Gasteiger partial charge in [-0.05, 0) is 44.5 Å². The number of amides is 1. The number of hydrogen-bond acceptors (Lipinski definition) is 6. The Morgan fingerprint density at radius 1 is 1.09 bits per heavy atom. The summed E-state index contributed by atoms with van der Waals surface area (Å²) in [5, 5.41) is 11.9. The molecule has 8 heteroatoms. The van der Waals surface area contributed by atoms with Gasteiger partial charge in [-0.1, -0.05) is 54.2 Å². The minimum absolute atomic E-state index is 0.0513. The van der Waals surface area contributed by atoms with E-state index in [2.05, 4.69) is 15.5 Å². The zero-order valence-corrected chi connectivity index (χ0v) is 19.4. The Hall–Kier alpha value is -3.65. The smallest absolute Gasteiger partial charge is 0.237 e. The van der Waals surface area contributed by atoms with Gasteiger partial charge in [0.25, 0.3) is 0 Å². The summed E-state index contributed by atoms with van der Waals surface area (Å²) in [5.41, 5.74) is 3.10. The Bertz CT molecular complexity index is 1280. The molecule has 33 heavy (non-hydrogen) atoms. The number of ketones is 1. The summed E-state index contributed by atoms with van der Waals surface area (Å²) in [4.78, 5) is 24.5. The number of anilines is 1. The third-order valence-electron chi connectivity index (χ3n) is 5.19. The third kappa shape index (κ3) is 5.23. The van der Waals surface area contributed by atoms with Crippen LogP contribution >= 0.6 is 11.8 Å². The summed E-state index contributed by atoms with van der Waals surface area (Å²) in [6.07, 6.45) is 1.63. The van der Waals surface area contributed by atoms with Crippen LogP contribution in [0.15, 0.2) is 76.5 Å². The lowest BCUT2D eigenvalue weighted by Gasteiger charge is -2.14. The van der Waals surface area contributed by atoms with Crippen molar-refractivity contribution in [3.05, 3.63) is 83.8 Å². The van der Waals surface area contributed by atoms with E-state index in [1.54, 1.807) is 30.5 Å². The topological polar surface area (TPSA) is 90.0 Å². The molecule has 0 spiro atoms. The maximum absolute atomic E-state index is 12.9. The third-order valence-corrected chi connectivity index (χ3v) is 6.27. The van der Waals surface area contributed by atoms with Crippen LogP contribution in [0.2, 0.25) is 0 Å². The summed E-state index contributed by atoms with van der Waals surface area (Å²) in [5.74, 6) is 1.21. The van der Waals surface area contributed by atoms with E-state index in [0.717, 1.165) is 16.9 Å². The van der Waals surface area contributed by atoms with Gasteiger partial charge in [-0.3, -0.25) is 14.2 Å². The quantitative estimate of drug-likeness (QED) is 0.287. The Morgan fingerprint density at radius 3 is 2.58 bits per heavy atom. The van der Waals surface area contributed by atoms with Gasteiger partial charge in [-0.25, -0.2) is 0 Å². The van der Waals surface area contributed by atoms with Crippen LogP contribution in [-0.2, 0) is 11.3 Å². The minimum Gasteiger partial charge on any atom is -0.469 e. The summed E-state index contributed by atoms with van der Waals surface area (Å²) >= 11 is 1.33. The van der Waals surface area contributed by atoms with Crippen molar-refractivity contribution >= 4 is 29.1 Å². The summed E-state index contributed by atoms with van der Waals surface area (Å²) < 4.78 is 7.47. The van der Waals surface area contributed by atoms with Gasteiger partial charge in [0.15, 0.2) is 16.8 Å². The number of benzene rings is 2. The van der Waals surface area contributed by atoms with Crippen molar-refractivity contribution in [3.63, 3.8) is 0 Å².